The summed E-state index contributed by atoms with van der Waals surface area (Å²) in [7, 11) is 0. The third-order valence-electron chi connectivity index (χ3n) is 6.94. The molecule has 0 atom stereocenters. The summed E-state index contributed by atoms with van der Waals surface area (Å²) in [6, 6.07) is 38.3. The Hall–Kier alpha value is -5.29. The van der Waals surface area contributed by atoms with Crippen LogP contribution in [-0.2, 0) is 0 Å². The van der Waals surface area contributed by atoms with Gasteiger partial charge in [-0.25, -0.2) is 15.0 Å². The molecule has 0 radical (unpaired) electrons. The fraction of sp³-hybridized carbons (Fsp3) is 0. The maximum atomic E-state index is 6.47. The SMILES string of the molecule is c1ccc(-c2nc(-c3ccccc3)nc(-c3cccc4c3oc3cc5oc6ccccc6c5cc34)n2)cc1. The lowest BCUT2D eigenvalue weighted by Crippen LogP contribution is -2.00. The molecule has 5 nitrogen and oxygen atoms in total. The average molecular weight is 490 g/mol. The lowest BCUT2D eigenvalue weighted by molar-refractivity contribution is 0.656. The Bertz CT molecular complexity index is 2070. The molecule has 3 heterocycles. The van der Waals surface area contributed by atoms with Crippen LogP contribution in [0.2, 0.25) is 0 Å². The Morgan fingerprint density at radius 2 is 0.974 bits per heavy atom. The predicted molar refractivity (Wildman–Crippen MR) is 151 cm³/mol. The van der Waals surface area contributed by atoms with Crippen molar-refractivity contribution < 1.29 is 8.83 Å². The Morgan fingerprint density at radius 3 is 1.71 bits per heavy atom. The van der Waals surface area contributed by atoms with Gasteiger partial charge in [0, 0.05) is 38.7 Å². The number of aromatic nitrogens is 3. The molecule has 0 aliphatic carbocycles. The number of nitrogens with zero attached hydrogens (tertiary/aromatic N) is 3. The Kier molecular flexibility index (Phi) is 4.45. The molecule has 0 N–H and O–H groups in total. The van der Waals surface area contributed by atoms with Crippen molar-refractivity contribution in [2.45, 2.75) is 0 Å². The van der Waals surface area contributed by atoms with Gasteiger partial charge < -0.3 is 8.83 Å². The van der Waals surface area contributed by atoms with E-state index in [-0.39, 0.29) is 0 Å². The molecule has 0 unspecified atom stereocenters. The molecule has 5 heteroatoms. The lowest BCUT2D eigenvalue weighted by atomic mass is 10.1. The van der Waals surface area contributed by atoms with Crippen LogP contribution in [0.3, 0.4) is 0 Å². The molecule has 0 aliphatic heterocycles. The maximum absolute atomic E-state index is 6.47. The number of rotatable bonds is 3. The minimum absolute atomic E-state index is 0.566. The average Bonchev–Trinajstić information content (AvgIpc) is 3.54. The van der Waals surface area contributed by atoms with E-state index >= 15 is 0 Å². The number of fused-ring (bicyclic) bond motifs is 6. The second kappa shape index (κ2) is 8.11. The fourth-order valence-electron chi connectivity index (χ4n) is 5.12. The van der Waals surface area contributed by atoms with Gasteiger partial charge in [0.25, 0.3) is 0 Å². The zero-order valence-corrected chi connectivity index (χ0v) is 20.1. The highest BCUT2D eigenvalue weighted by Crippen LogP contribution is 2.39. The van der Waals surface area contributed by atoms with E-state index in [0.29, 0.717) is 17.5 Å². The van der Waals surface area contributed by atoms with Crippen molar-refractivity contribution in [2.75, 3.05) is 0 Å². The van der Waals surface area contributed by atoms with Gasteiger partial charge in [-0.05, 0) is 18.2 Å². The molecule has 0 amide bonds. The molecule has 8 aromatic rings. The van der Waals surface area contributed by atoms with Gasteiger partial charge >= 0.3 is 0 Å². The minimum atomic E-state index is 0.566. The molecular weight excluding hydrogens is 470 g/mol. The molecule has 0 bridgehead atoms. The van der Waals surface area contributed by atoms with Gasteiger partial charge in [-0.15, -0.1) is 0 Å². The van der Waals surface area contributed by atoms with Gasteiger partial charge in [0.2, 0.25) is 0 Å². The van der Waals surface area contributed by atoms with Crippen molar-refractivity contribution in [3.05, 3.63) is 115 Å². The second-order valence-corrected chi connectivity index (χ2v) is 9.27. The van der Waals surface area contributed by atoms with Crippen molar-refractivity contribution in [1.29, 1.82) is 0 Å². The van der Waals surface area contributed by atoms with Crippen LogP contribution in [0.5, 0.6) is 0 Å². The smallest absolute Gasteiger partial charge is 0.167 e. The van der Waals surface area contributed by atoms with Crippen LogP contribution in [0.1, 0.15) is 0 Å². The first-order chi connectivity index (χ1) is 18.8. The molecule has 8 rings (SSSR count). The highest BCUT2D eigenvalue weighted by atomic mass is 16.3. The summed E-state index contributed by atoms with van der Waals surface area (Å²) in [5.41, 5.74) is 5.85. The summed E-state index contributed by atoms with van der Waals surface area (Å²) < 4.78 is 12.6. The molecule has 178 valence electrons. The van der Waals surface area contributed by atoms with E-state index in [9.17, 15) is 0 Å². The molecule has 0 spiro atoms. The summed E-state index contributed by atoms with van der Waals surface area (Å²) in [4.78, 5) is 14.6. The molecule has 38 heavy (non-hydrogen) atoms. The highest BCUT2D eigenvalue weighted by Gasteiger charge is 2.19. The Balaban J connectivity index is 1.39. The third-order valence-corrected chi connectivity index (χ3v) is 6.94. The topological polar surface area (TPSA) is 65.0 Å². The van der Waals surface area contributed by atoms with Gasteiger partial charge in [0.1, 0.15) is 22.3 Å². The van der Waals surface area contributed by atoms with Crippen molar-refractivity contribution >= 4 is 43.9 Å². The number of hydrogen-bond donors (Lipinski definition) is 0. The van der Waals surface area contributed by atoms with Gasteiger partial charge in [-0.1, -0.05) is 91.0 Å². The van der Waals surface area contributed by atoms with Crippen molar-refractivity contribution in [2.24, 2.45) is 0 Å². The van der Waals surface area contributed by atoms with E-state index in [4.69, 9.17) is 23.8 Å². The zero-order valence-electron chi connectivity index (χ0n) is 20.1. The first-order valence-corrected chi connectivity index (χ1v) is 12.5. The van der Waals surface area contributed by atoms with E-state index in [1.807, 2.05) is 97.1 Å². The van der Waals surface area contributed by atoms with Crippen LogP contribution in [0, 0.1) is 0 Å². The summed E-state index contributed by atoms with van der Waals surface area (Å²) in [5.74, 6) is 1.80. The molecule has 0 fully saturated rings. The van der Waals surface area contributed by atoms with E-state index in [1.54, 1.807) is 0 Å². The lowest BCUT2D eigenvalue weighted by Gasteiger charge is -2.08. The zero-order chi connectivity index (χ0) is 25.1. The largest absolute Gasteiger partial charge is 0.456 e. The summed E-state index contributed by atoms with van der Waals surface area (Å²) in [5, 5.41) is 4.20. The van der Waals surface area contributed by atoms with Gasteiger partial charge in [0.15, 0.2) is 17.5 Å². The first kappa shape index (κ1) is 20.9. The van der Waals surface area contributed by atoms with E-state index in [2.05, 4.69) is 18.2 Å². The maximum Gasteiger partial charge on any atom is 0.167 e. The number of benzene rings is 5. The highest BCUT2D eigenvalue weighted by molar-refractivity contribution is 6.16. The summed E-state index contributed by atoms with van der Waals surface area (Å²) >= 11 is 0. The quantitative estimate of drug-likeness (QED) is 0.248. The summed E-state index contributed by atoms with van der Waals surface area (Å²) in [6.07, 6.45) is 0. The first-order valence-electron chi connectivity index (χ1n) is 12.5. The van der Waals surface area contributed by atoms with E-state index in [0.717, 1.165) is 60.6 Å². The monoisotopic (exact) mass is 489 g/mol. The third kappa shape index (κ3) is 3.22. The molecule has 0 aliphatic rings. The van der Waals surface area contributed by atoms with Crippen LogP contribution in [-0.4, -0.2) is 15.0 Å². The van der Waals surface area contributed by atoms with Crippen molar-refractivity contribution in [1.82, 2.24) is 15.0 Å². The van der Waals surface area contributed by atoms with Gasteiger partial charge in [0.05, 0.1) is 5.56 Å². The van der Waals surface area contributed by atoms with Crippen LogP contribution in [0.25, 0.3) is 78.0 Å². The standard InChI is InChI=1S/C33H19N3O2/c1-3-10-20(11-4-1)31-34-32(21-12-5-2-6-13-21)36-33(35-31)24-16-9-15-23-26-18-25-22-14-7-8-17-27(22)37-28(25)19-29(26)38-30(23)24/h1-19H. The second-order valence-electron chi connectivity index (χ2n) is 9.27. The fourth-order valence-corrected chi connectivity index (χ4v) is 5.12. The predicted octanol–water partition coefficient (Wildman–Crippen LogP) is 8.67. The molecule has 5 aromatic carbocycles. The molecule has 3 aromatic heterocycles. The number of furan rings is 2. The van der Waals surface area contributed by atoms with Gasteiger partial charge in [-0.2, -0.15) is 0 Å². The van der Waals surface area contributed by atoms with Crippen LogP contribution >= 0.6 is 0 Å². The van der Waals surface area contributed by atoms with Crippen LogP contribution in [0.4, 0.5) is 0 Å². The van der Waals surface area contributed by atoms with Gasteiger partial charge in [-0.3, -0.25) is 0 Å². The Morgan fingerprint density at radius 1 is 0.395 bits per heavy atom. The number of para-hydroxylation sites is 2. The minimum Gasteiger partial charge on any atom is -0.456 e. The molecule has 0 saturated heterocycles. The van der Waals surface area contributed by atoms with Crippen LogP contribution in [0.15, 0.2) is 124 Å². The van der Waals surface area contributed by atoms with Crippen molar-refractivity contribution in [3.8, 4) is 34.2 Å². The van der Waals surface area contributed by atoms with E-state index < -0.39 is 0 Å². The van der Waals surface area contributed by atoms with E-state index in [1.165, 1.54) is 0 Å². The normalized spacial score (nSPS) is 11.7. The Labute approximate surface area is 217 Å². The summed E-state index contributed by atoms with van der Waals surface area (Å²) in [6.45, 7) is 0. The molecular formula is C33H19N3O2. The van der Waals surface area contributed by atoms with Crippen molar-refractivity contribution in [3.63, 3.8) is 0 Å². The number of hydrogen-bond acceptors (Lipinski definition) is 5. The molecule has 0 saturated carbocycles. The van der Waals surface area contributed by atoms with Crippen LogP contribution < -0.4 is 0 Å².